The fourth-order valence-corrected chi connectivity index (χ4v) is 6.97. The average Bonchev–Trinajstić information content (AvgIpc) is 2.95. The van der Waals surface area contributed by atoms with Crippen molar-refractivity contribution in [1.29, 1.82) is 0 Å². The van der Waals surface area contributed by atoms with Gasteiger partial charge >= 0.3 is 0 Å². The Morgan fingerprint density at radius 1 is 0.537 bits per heavy atom. The smallest absolute Gasteiger partial charge is 0.295 e. The van der Waals surface area contributed by atoms with Crippen molar-refractivity contribution in [3.63, 3.8) is 0 Å². The third-order valence-electron chi connectivity index (χ3n) is 8.10. The number of aryl methyl sites for hydroxylation is 1. The Morgan fingerprint density at radius 2 is 0.878 bits per heavy atom. The molecule has 6 heteroatoms. The molecular formula is C35H58NaO4S. The first kappa shape index (κ1) is 40.3. The Morgan fingerprint density at radius 3 is 1.29 bits per heavy atom. The third-order valence-corrected chi connectivity index (χ3v) is 9.08. The molecule has 0 fully saturated rings. The molecule has 0 aliphatic heterocycles. The molecule has 0 amide bonds. The number of carbonyl (C=O) groups excluding carboxylic acids is 1. The zero-order chi connectivity index (χ0) is 29.6. The SMILES string of the molecule is C=O.CCCCCCCCc1c(CCCCCCCC)c(S(=O)(=O)O)c2ccccc2c1CCCCCCCC.[Na]. The molecule has 0 aliphatic carbocycles. The molecule has 0 aliphatic rings. The summed E-state index contributed by atoms with van der Waals surface area (Å²) in [6.07, 6.45) is 24.5. The van der Waals surface area contributed by atoms with Crippen molar-refractivity contribution in [2.75, 3.05) is 0 Å². The molecule has 0 atom stereocenters. The van der Waals surface area contributed by atoms with E-state index in [0.717, 1.165) is 55.9 Å². The third kappa shape index (κ3) is 15.0. The molecule has 2 aromatic rings. The quantitative estimate of drug-likeness (QED) is 0.0833. The van der Waals surface area contributed by atoms with Crippen molar-refractivity contribution < 1.29 is 17.8 Å². The normalized spacial score (nSPS) is 11.2. The van der Waals surface area contributed by atoms with Gasteiger partial charge in [-0.05, 0) is 60.6 Å². The Kier molecular flexibility index (Phi) is 24.3. The Balaban J connectivity index is 0.00000521. The van der Waals surface area contributed by atoms with Gasteiger partial charge in [-0.2, -0.15) is 8.42 Å². The van der Waals surface area contributed by atoms with E-state index in [4.69, 9.17) is 4.79 Å². The second kappa shape index (κ2) is 24.7. The number of fused-ring (bicyclic) bond motifs is 1. The summed E-state index contributed by atoms with van der Waals surface area (Å²) in [6, 6.07) is 7.91. The largest absolute Gasteiger partial charge is 0.307 e. The summed E-state index contributed by atoms with van der Waals surface area (Å²) in [4.78, 5) is 8.19. The Bertz CT molecular complexity index is 1050. The van der Waals surface area contributed by atoms with Crippen LogP contribution in [0.25, 0.3) is 10.8 Å². The summed E-state index contributed by atoms with van der Waals surface area (Å²) in [5, 5.41) is 1.74. The maximum atomic E-state index is 12.9. The van der Waals surface area contributed by atoms with Crippen molar-refractivity contribution in [3.05, 3.63) is 41.0 Å². The zero-order valence-corrected chi connectivity index (χ0v) is 29.8. The van der Waals surface area contributed by atoms with Crippen LogP contribution in [0.3, 0.4) is 0 Å². The van der Waals surface area contributed by atoms with E-state index in [1.807, 2.05) is 25.0 Å². The van der Waals surface area contributed by atoms with E-state index >= 15 is 0 Å². The Labute approximate surface area is 274 Å². The summed E-state index contributed by atoms with van der Waals surface area (Å²) in [6.45, 7) is 8.73. The van der Waals surface area contributed by atoms with Gasteiger partial charge in [0, 0.05) is 34.9 Å². The summed E-state index contributed by atoms with van der Waals surface area (Å²) >= 11 is 0. The summed E-state index contributed by atoms with van der Waals surface area (Å²) in [5.41, 5.74) is 3.49. The molecule has 0 saturated heterocycles. The van der Waals surface area contributed by atoms with Gasteiger partial charge in [-0.25, -0.2) is 0 Å². The second-order valence-electron chi connectivity index (χ2n) is 11.3. The predicted octanol–water partition coefficient (Wildman–Crippen LogP) is 10.2. The van der Waals surface area contributed by atoms with Gasteiger partial charge in [-0.3, -0.25) is 4.55 Å². The maximum absolute atomic E-state index is 12.9. The van der Waals surface area contributed by atoms with E-state index in [-0.39, 0.29) is 34.5 Å². The molecule has 0 aromatic heterocycles. The van der Waals surface area contributed by atoms with Gasteiger partial charge in [0.05, 0.1) is 0 Å². The number of unbranched alkanes of at least 4 members (excludes halogenated alkanes) is 15. The van der Waals surface area contributed by atoms with Gasteiger partial charge in [0.1, 0.15) is 11.7 Å². The first-order chi connectivity index (χ1) is 19.5. The molecule has 0 heterocycles. The number of benzene rings is 2. The molecule has 2 rings (SSSR count). The summed E-state index contributed by atoms with van der Waals surface area (Å²) in [5.74, 6) is 0. The van der Waals surface area contributed by atoms with Crippen molar-refractivity contribution >= 4 is 57.2 Å². The van der Waals surface area contributed by atoms with E-state index in [1.54, 1.807) is 0 Å². The van der Waals surface area contributed by atoms with Crippen LogP contribution in [0, 0.1) is 0 Å². The van der Waals surface area contributed by atoms with E-state index < -0.39 is 10.1 Å². The van der Waals surface area contributed by atoms with Gasteiger partial charge in [0.25, 0.3) is 10.1 Å². The molecule has 229 valence electrons. The van der Waals surface area contributed by atoms with Crippen molar-refractivity contribution in [2.45, 2.75) is 161 Å². The maximum Gasteiger partial charge on any atom is 0.295 e. The number of carbonyl (C=O) groups is 1. The molecule has 41 heavy (non-hydrogen) atoms. The van der Waals surface area contributed by atoms with Crippen LogP contribution in [0.1, 0.15) is 153 Å². The van der Waals surface area contributed by atoms with Crippen LogP contribution in [0.4, 0.5) is 0 Å². The van der Waals surface area contributed by atoms with Crippen LogP contribution in [0.15, 0.2) is 29.2 Å². The van der Waals surface area contributed by atoms with E-state index in [2.05, 4.69) is 26.8 Å². The van der Waals surface area contributed by atoms with Gasteiger partial charge in [0.15, 0.2) is 0 Å². The van der Waals surface area contributed by atoms with Crippen LogP contribution in [0.5, 0.6) is 0 Å². The molecular weight excluding hydrogens is 539 g/mol. The number of hydrogen-bond donors (Lipinski definition) is 1. The molecule has 1 N–H and O–H groups in total. The van der Waals surface area contributed by atoms with Crippen molar-refractivity contribution in [3.8, 4) is 0 Å². The molecule has 0 unspecified atom stereocenters. The second-order valence-corrected chi connectivity index (χ2v) is 12.7. The standard InChI is InChI=1S/C34H56O3S.CH2O.Na/c1-4-7-10-13-16-19-24-29-30(25-20-17-14-11-8-5-2)32(27-21-18-15-12-9-6-3)34(38(35,36)37)33-28-23-22-26-31(29)33;1-2;/h22-23,26,28H,4-21,24-25,27H2,1-3H3,(H,35,36,37);1H2;. The molecule has 0 saturated carbocycles. The summed E-state index contributed by atoms with van der Waals surface area (Å²) < 4.78 is 36.2. The molecule has 0 bridgehead atoms. The van der Waals surface area contributed by atoms with E-state index in [1.165, 1.54) is 101 Å². The zero-order valence-electron chi connectivity index (χ0n) is 26.9. The van der Waals surface area contributed by atoms with Gasteiger partial charge in [-0.15, -0.1) is 0 Å². The minimum Gasteiger partial charge on any atom is -0.307 e. The topological polar surface area (TPSA) is 71.4 Å². The van der Waals surface area contributed by atoms with Gasteiger partial charge in [-0.1, -0.05) is 141 Å². The monoisotopic (exact) mass is 597 g/mol. The van der Waals surface area contributed by atoms with Crippen molar-refractivity contribution in [2.24, 2.45) is 0 Å². The van der Waals surface area contributed by atoms with E-state index in [9.17, 15) is 13.0 Å². The van der Waals surface area contributed by atoms with Gasteiger partial charge in [0.2, 0.25) is 0 Å². The van der Waals surface area contributed by atoms with Gasteiger partial charge < -0.3 is 4.79 Å². The molecule has 4 nitrogen and oxygen atoms in total. The fourth-order valence-electron chi connectivity index (χ4n) is 5.98. The molecule has 0 spiro atoms. The minimum absolute atomic E-state index is 0. The fraction of sp³-hybridized carbons (Fsp3) is 0.686. The Hall–Kier alpha value is -0.720. The predicted molar refractivity (Wildman–Crippen MR) is 178 cm³/mol. The first-order valence-corrected chi connectivity index (χ1v) is 17.7. The number of rotatable bonds is 22. The number of hydrogen-bond acceptors (Lipinski definition) is 3. The van der Waals surface area contributed by atoms with Crippen LogP contribution in [-0.4, -0.2) is 49.3 Å². The van der Waals surface area contributed by atoms with E-state index in [0.29, 0.717) is 5.39 Å². The molecule has 1 radical (unpaired) electrons. The van der Waals surface area contributed by atoms with Crippen LogP contribution >= 0.6 is 0 Å². The van der Waals surface area contributed by atoms with Crippen LogP contribution < -0.4 is 0 Å². The van der Waals surface area contributed by atoms with Crippen LogP contribution in [0.2, 0.25) is 0 Å². The average molecular weight is 598 g/mol. The molecule has 2 aromatic carbocycles. The summed E-state index contributed by atoms with van der Waals surface area (Å²) in [7, 11) is -4.33. The minimum atomic E-state index is -4.33. The van der Waals surface area contributed by atoms with Crippen LogP contribution in [-0.2, 0) is 34.2 Å². The van der Waals surface area contributed by atoms with Crippen molar-refractivity contribution in [1.82, 2.24) is 0 Å². The first-order valence-electron chi connectivity index (χ1n) is 16.3.